The summed E-state index contributed by atoms with van der Waals surface area (Å²) in [7, 11) is 1.51. The number of hydrogen-bond acceptors (Lipinski definition) is 4. The van der Waals surface area contributed by atoms with Gasteiger partial charge < -0.3 is 20.5 Å². The van der Waals surface area contributed by atoms with E-state index >= 15 is 0 Å². The number of halogens is 1. The highest BCUT2D eigenvalue weighted by Gasteiger charge is 2.14. The van der Waals surface area contributed by atoms with Gasteiger partial charge in [-0.1, -0.05) is 19.1 Å². The van der Waals surface area contributed by atoms with Crippen LogP contribution in [-0.4, -0.2) is 32.3 Å². The highest BCUT2D eigenvalue weighted by Crippen LogP contribution is 2.23. The molecule has 0 saturated heterocycles. The van der Waals surface area contributed by atoms with Crippen LogP contribution in [0.5, 0.6) is 5.75 Å². The smallest absolute Gasteiger partial charge is 0.243 e. The molecule has 1 aromatic rings. The van der Waals surface area contributed by atoms with Gasteiger partial charge >= 0.3 is 0 Å². The van der Waals surface area contributed by atoms with E-state index in [1.807, 2.05) is 25.1 Å². The first-order valence-electron chi connectivity index (χ1n) is 5.96. The molecule has 0 spiro atoms. The number of ether oxygens (including phenoxy) is 2. The van der Waals surface area contributed by atoms with E-state index in [-0.39, 0.29) is 24.9 Å². The Balaban J connectivity index is 0.00000324. The van der Waals surface area contributed by atoms with Crippen molar-refractivity contribution in [2.24, 2.45) is 5.73 Å². The number of methoxy groups -OCH3 is 1. The predicted molar refractivity (Wildman–Crippen MR) is 78.0 cm³/mol. The molecule has 6 heteroatoms. The van der Waals surface area contributed by atoms with Gasteiger partial charge in [0.2, 0.25) is 5.91 Å². The van der Waals surface area contributed by atoms with Crippen LogP contribution in [0.2, 0.25) is 0 Å². The van der Waals surface area contributed by atoms with Gasteiger partial charge in [-0.25, -0.2) is 0 Å². The standard InChI is InChI=1S/C13H20N2O3.ClH/c1-3-8-18-12-7-5-4-6-11(12)15-13(16)10(14)9-17-2;/h4-7,10H,3,8-9,14H2,1-2H3,(H,15,16);1H. The van der Waals surface area contributed by atoms with E-state index < -0.39 is 6.04 Å². The number of nitrogens with two attached hydrogens (primary N) is 1. The Morgan fingerprint density at radius 1 is 1.42 bits per heavy atom. The second kappa shape index (κ2) is 9.61. The molecule has 0 aromatic heterocycles. The lowest BCUT2D eigenvalue weighted by Gasteiger charge is -2.14. The number of rotatable bonds is 7. The number of hydrogen-bond donors (Lipinski definition) is 2. The number of nitrogens with one attached hydrogen (secondary N) is 1. The Kier molecular flexibility index (Phi) is 8.95. The van der Waals surface area contributed by atoms with Crippen molar-refractivity contribution in [1.82, 2.24) is 0 Å². The molecular weight excluding hydrogens is 268 g/mol. The van der Waals surface area contributed by atoms with Crippen molar-refractivity contribution in [1.29, 1.82) is 0 Å². The average Bonchev–Trinajstić information content (AvgIpc) is 2.38. The molecule has 3 N–H and O–H groups in total. The lowest BCUT2D eigenvalue weighted by Crippen LogP contribution is -2.39. The SMILES string of the molecule is CCCOc1ccccc1NC(=O)C(N)COC.Cl. The molecule has 0 bridgehead atoms. The van der Waals surface area contributed by atoms with Crippen molar-refractivity contribution < 1.29 is 14.3 Å². The van der Waals surface area contributed by atoms with Crippen LogP contribution >= 0.6 is 12.4 Å². The van der Waals surface area contributed by atoms with Gasteiger partial charge in [0.15, 0.2) is 0 Å². The second-order valence-electron chi connectivity index (χ2n) is 3.90. The summed E-state index contributed by atoms with van der Waals surface area (Å²) in [5.74, 6) is 0.363. The van der Waals surface area contributed by atoms with Crippen molar-refractivity contribution in [2.45, 2.75) is 19.4 Å². The first kappa shape index (κ1) is 17.7. The molecule has 0 heterocycles. The molecular formula is C13H21ClN2O3. The van der Waals surface area contributed by atoms with Crippen LogP contribution in [0.4, 0.5) is 5.69 Å². The molecule has 1 unspecified atom stereocenters. The molecule has 0 aliphatic heterocycles. The van der Waals surface area contributed by atoms with E-state index in [9.17, 15) is 4.79 Å². The maximum atomic E-state index is 11.8. The quantitative estimate of drug-likeness (QED) is 0.802. The maximum absolute atomic E-state index is 11.8. The molecule has 19 heavy (non-hydrogen) atoms. The van der Waals surface area contributed by atoms with E-state index in [0.717, 1.165) is 6.42 Å². The van der Waals surface area contributed by atoms with Crippen LogP contribution in [0.1, 0.15) is 13.3 Å². The minimum absolute atomic E-state index is 0. The van der Waals surface area contributed by atoms with Crippen molar-refractivity contribution in [3.05, 3.63) is 24.3 Å². The first-order chi connectivity index (χ1) is 8.69. The van der Waals surface area contributed by atoms with Gasteiger partial charge in [-0.3, -0.25) is 4.79 Å². The number of carbonyl (C=O) groups is 1. The van der Waals surface area contributed by atoms with E-state index in [1.54, 1.807) is 6.07 Å². The Bertz CT molecular complexity index is 388. The van der Waals surface area contributed by atoms with Gasteiger partial charge in [-0.2, -0.15) is 0 Å². The zero-order valence-corrected chi connectivity index (χ0v) is 12.0. The van der Waals surface area contributed by atoms with E-state index in [2.05, 4.69) is 5.32 Å². The number of amides is 1. The first-order valence-corrected chi connectivity index (χ1v) is 5.96. The fraction of sp³-hybridized carbons (Fsp3) is 0.462. The molecule has 0 aliphatic carbocycles. The van der Waals surface area contributed by atoms with Gasteiger partial charge in [0.1, 0.15) is 11.8 Å². The van der Waals surface area contributed by atoms with Crippen LogP contribution < -0.4 is 15.8 Å². The Morgan fingerprint density at radius 3 is 2.74 bits per heavy atom. The van der Waals surface area contributed by atoms with Gasteiger partial charge in [0.05, 0.1) is 18.9 Å². The monoisotopic (exact) mass is 288 g/mol. The minimum atomic E-state index is -0.686. The maximum Gasteiger partial charge on any atom is 0.243 e. The second-order valence-corrected chi connectivity index (χ2v) is 3.90. The predicted octanol–water partition coefficient (Wildman–Crippen LogP) is 1.81. The molecule has 0 fully saturated rings. The van der Waals surface area contributed by atoms with E-state index in [4.69, 9.17) is 15.2 Å². The summed E-state index contributed by atoms with van der Waals surface area (Å²) in [6, 6.07) is 6.59. The fourth-order valence-electron chi connectivity index (χ4n) is 1.39. The lowest BCUT2D eigenvalue weighted by atomic mass is 10.2. The van der Waals surface area contributed by atoms with Crippen LogP contribution in [0.15, 0.2) is 24.3 Å². The minimum Gasteiger partial charge on any atom is -0.491 e. The molecule has 1 aromatic carbocycles. The van der Waals surface area contributed by atoms with Crippen molar-refractivity contribution in [3.8, 4) is 5.75 Å². The fourth-order valence-corrected chi connectivity index (χ4v) is 1.39. The summed E-state index contributed by atoms with van der Waals surface area (Å²) < 4.78 is 10.4. The number of para-hydroxylation sites is 2. The largest absolute Gasteiger partial charge is 0.491 e. The molecule has 0 saturated carbocycles. The molecule has 0 aliphatic rings. The molecule has 108 valence electrons. The van der Waals surface area contributed by atoms with Crippen molar-refractivity contribution in [2.75, 3.05) is 25.6 Å². The van der Waals surface area contributed by atoms with Crippen molar-refractivity contribution in [3.63, 3.8) is 0 Å². The topological polar surface area (TPSA) is 73.6 Å². The van der Waals surface area contributed by atoms with E-state index in [1.165, 1.54) is 7.11 Å². The average molecular weight is 289 g/mol. The van der Waals surface area contributed by atoms with Gasteiger partial charge in [-0.05, 0) is 18.6 Å². The zero-order chi connectivity index (χ0) is 13.4. The number of benzene rings is 1. The summed E-state index contributed by atoms with van der Waals surface area (Å²) in [5.41, 5.74) is 6.28. The van der Waals surface area contributed by atoms with Crippen LogP contribution in [-0.2, 0) is 9.53 Å². The van der Waals surface area contributed by atoms with Crippen LogP contribution in [0.3, 0.4) is 0 Å². The number of carbonyl (C=O) groups excluding carboxylic acids is 1. The summed E-state index contributed by atoms with van der Waals surface area (Å²) in [6.45, 7) is 2.82. The summed E-state index contributed by atoms with van der Waals surface area (Å²) in [5, 5.41) is 2.74. The van der Waals surface area contributed by atoms with Crippen LogP contribution in [0, 0.1) is 0 Å². The summed E-state index contributed by atoms with van der Waals surface area (Å²) in [6.07, 6.45) is 0.908. The van der Waals surface area contributed by atoms with Gasteiger partial charge in [0.25, 0.3) is 0 Å². The molecule has 1 rings (SSSR count). The highest BCUT2D eigenvalue weighted by atomic mass is 35.5. The molecule has 1 atom stereocenters. The Morgan fingerprint density at radius 2 is 2.11 bits per heavy atom. The molecule has 1 amide bonds. The summed E-state index contributed by atoms with van der Waals surface area (Å²) in [4.78, 5) is 11.8. The third-order valence-corrected chi connectivity index (χ3v) is 2.29. The van der Waals surface area contributed by atoms with E-state index in [0.29, 0.717) is 18.0 Å². The summed E-state index contributed by atoms with van der Waals surface area (Å²) >= 11 is 0. The van der Waals surface area contributed by atoms with Gasteiger partial charge in [0, 0.05) is 7.11 Å². The third-order valence-electron chi connectivity index (χ3n) is 2.29. The zero-order valence-electron chi connectivity index (χ0n) is 11.2. The van der Waals surface area contributed by atoms with Crippen molar-refractivity contribution >= 4 is 24.0 Å². The Labute approximate surface area is 119 Å². The number of anilines is 1. The van der Waals surface area contributed by atoms with Crippen LogP contribution in [0.25, 0.3) is 0 Å². The lowest BCUT2D eigenvalue weighted by molar-refractivity contribution is -0.118. The third kappa shape index (κ3) is 5.92. The van der Waals surface area contributed by atoms with Gasteiger partial charge in [-0.15, -0.1) is 12.4 Å². The highest BCUT2D eigenvalue weighted by molar-refractivity contribution is 5.96. The Hall–Kier alpha value is -1.30. The normalized spacial score (nSPS) is 11.3. The molecule has 5 nitrogen and oxygen atoms in total. The molecule has 0 radical (unpaired) electrons.